The Bertz CT molecular complexity index is 115. The molecule has 0 radical (unpaired) electrons. The van der Waals surface area contributed by atoms with E-state index < -0.39 is 0 Å². The Hall–Kier alpha value is -0.0900. The Balaban J connectivity index is 0. The van der Waals surface area contributed by atoms with Crippen molar-refractivity contribution in [1.29, 1.82) is 0 Å². The van der Waals surface area contributed by atoms with Crippen LogP contribution in [0, 0.1) is 0 Å². The number of hydrazone groups is 1. The van der Waals surface area contributed by atoms with E-state index in [-0.39, 0.29) is 34.0 Å². The molecule has 0 aromatic carbocycles. The monoisotopic (exact) mass is 254 g/mol. The summed E-state index contributed by atoms with van der Waals surface area (Å²) in [6, 6.07) is 0. The molecule has 0 atom stereocenters. The van der Waals surface area contributed by atoms with Crippen molar-refractivity contribution >= 4 is 40.2 Å². The van der Waals surface area contributed by atoms with Gasteiger partial charge in [0.25, 0.3) is 0 Å². The summed E-state index contributed by atoms with van der Waals surface area (Å²) in [6.45, 7) is 0. The van der Waals surface area contributed by atoms with Gasteiger partial charge in [-0.3, -0.25) is 5.43 Å². The van der Waals surface area contributed by atoms with Crippen molar-refractivity contribution < 1.29 is 0 Å². The Morgan fingerprint density at radius 1 is 1.00 bits per heavy atom. The fraction of sp³-hybridized carbons (Fsp3) is 0. The minimum atomic E-state index is 0. The first-order valence-electron chi connectivity index (χ1n) is 2.10. The highest BCUT2D eigenvalue weighted by Gasteiger charge is 1.68. The summed E-state index contributed by atoms with van der Waals surface area (Å²) < 4.78 is 0. The van der Waals surface area contributed by atoms with Crippen molar-refractivity contribution in [3.8, 4) is 0 Å². The van der Waals surface area contributed by atoms with Crippen LogP contribution in [-0.2, 0) is 0 Å². The Morgan fingerprint density at radius 3 is 2.56 bits per heavy atom. The lowest BCUT2D eigenvalue weighted by Gasteiger charge is -1.78. The summed E-state index contributed by atoms with van der Waals surface area (Å²) in [7, 11) is 0. The molecule has 1 aliphatic rings. The zero-order chi connectivity index (χ0) is 4.95. The number of nitrogens with one attached hydrogen (secondary N) is 1. The van der Waals surface area contributed by atoms with Crippen molar-refractivity contribution in [2.45, 2.75) is 0 Å². The molecule has 0 spiro atoms. The molecule has 0 fully saturated rings. The van der Waals surface area contributed by atoms with Crippen LogP contribution in [0.15, 0.2) is 29.5 Å². The van der Waals surface area contributed by atoms with E-state index >= 15 is 0 Å². The van der Waals surface area contributed by atoms with Crippen molar-refractivity contribution in [2.75, 3.05) is 0 Å². The maximum absolute atomic E-state index is 3.72. The number of nitrogens with zero attached hydrogens (tertiary/aromatic N) is 1. The van der Waals surface area contributed by atoms with Crippen LogP contribution in [0.1, 0.15) is 0 Å². The largest absolute Gasteiger partial charge is 0.286 e. The molecule has 9 heavy (non-hydrogen) atoms. The minimum Gasteiger partial charge on any atom is -0.286 e. The molecular weight excluding hydrogens is 248 g/mol. The second-order valence-corrected chi connectivity index (χ2v) is 1.15. The van der Waals surface area contributed by atoms with E-state index in [0.29, 0.717) is 0 Å². The Morgan fingerprint density at radius 2 is 1.78 bits per heavy atom. The third kappa shape index (κ3) is 5.79. The summed E-state index contributed by atoms with van der Waals surface area (Å²) in [4.78, 5) is 0. The van der Waals surface area contributed by atoms with Gasteiger partial charge in [0.05, 0.1) is 0 Å². The fourth-order valence-corrected chi connectivity index (χ4v) is 0.342. The molecule has 1 N–H and O–H groups in total. The normalized spacial score (nSPS) is 12.4. The van der Waals surface area contributed by atoms with Gasteiger partial charge in [-0.2, -0.15) is 5.10 Å². The molecule has 0 bridgehead atoms. The van der Waals surface area contributed by atoms with Crippen molar-refractivity contribution in [1.82, 2.24) is 5.43 Å². The number of allylic oxidation sites excluding steroid dienone is 3. The zero-order valence-corrected chi connectivity index (χ0v) is 8.08. The molecule has 52 valence electrons. The lowest BCUT2D eigenvalue weighted by atomic mass is 10.5. The van der Waals surface area contributed by atoms with Crippen LogP contribution in [-0.4, -0.2) is 6.21 Å². The van der Waals surface area contributed by atoms with Crippen LogP contribution in [0.5, 0.6) is 0 Å². The van der Waals surface area contributed by atoms with Gasteiger partial charge in [0.15, 0.2) is 0 Å². The summed E-state index contributed by atoms with van der Waals surface area (Å²) >= 11 is 0. The van der Waals surface area contributed by atoms with Gasteiger partial charge in [-0.1, -0.05) is 6.08 Å². The van der Waals surface area contributed by atoms with E-state index in [1.165, 1.54) is 0 Å². The molecule has 0 unspecified atom stereocenters. The van der Waals surface area contributed by atoms with Crippen LogP contribution in [0.2, 0.25) is 0 Å². The van der Waals surface area contributed by atoms with Gasteiger partial charge in [0.1, 0.15) is 0 Å². The van der Waals surface area contributed by atoms with Gasteiger partial charge in [0.2, 0.25) is 0 Å². The topological polar surface area (TPSA) is 24.4 Å². The van der Waals surface area contributed by atoms with Gasteiger partial charge < -0.3 is 0 Å². The lowest BCUT2D eigenvalue weighted by Crippen LogP contribution is -1.89. The predicted molar refractivity (Wildman–Crippen MR) is 50.6 cm³/mol. The standard InChI is InChI=1S/C5H6N2.2BrH/c1-2-4-6-7-5-3-1;;/h1-6H;2*1H. The average Bonchev–Trinajstić information content (AvgIpc) is 1.90. The highest BCUT2D eigenvalue weighted by atomic mass is 79.9. The van der Waals surface area contributed by atoms with Crippen LogP contribution in [0.25, 0.3) is 0 Å². The fourth-order valence-electron chi connectivity index (χ4n) is 0.342. The van der Waals surface area contributed by atoms with Crippen LogP contribution >= 0.6 is 34.0 Å². The molecule has 0 saturated carbocycles. The molecule has 4 heteroatoms. The lowest BCUT2D eigenvalue weighted by molar-refractivity contribution is 0.980. The molecule has 0 aromatic heterocycles. The first kappa shape index (κ1) is 11.7. The predicted octanol–water partition coefficient (Wildman–Crippen LogP) is 1.80. The van der Waals surface area contributed by atoms with Crippen LogP contribution in [0.3, 0.4) is 0 Å². The number of halogens is 2. The molecule has 1 rings (SSSR count). The highest BCUT2D eigenvalue weighted by molar-refractivity contribution is 8.93. The third-order valence-electron chi connectivity index (χ3n) is 0.628. The molecule has 2 nitrogen and oxygen atoms in total. The summed E-state index contributed by atoms with van der Waals surface area (Å²) in [5.74, 6) is 0. The van der Waals surface area contributed by atoms with E-state index in [1.54, 1.807) is 12.4 Å². The number of hydrogen-bond acceptors (Lipinski definition) is 2. The summed E-state index contributed by atoms with van der Waals surface area (Å²) in [6.07, 6.45) is 9.10. The summed E-state index contributed by atoms with van der Waals surface area (Å²) in [5, 5.41) is 3.72. The van der Waals surface area contributed by atoms with Gasteiger partial charge in [-0.15, -0.1) is 34.0 Å². The van der Waals surface area contributed by atoms with Crippen LogP contribution in [0.4, 0.5) is 0 Å². The first-order chi connectivity index (χ1) is 3.50. The molecule has 0 aromatic rings. The van der Waals surface area contributed by atoms with Crippen LogP contribution < -0.4 is 5.43 Å². The average molecular weight is 256 g/mol. The first-order valence-corrected chi connectivity index (χ1v) is 2.10. The molecule has 1 aliphatic heterocycles. The van der Waals surface area contributed by atoms with Gasteiger partial charge in [-0.05, 0) is 12.2 Å². The van der Waals surface area contributed by atoms with Gasteiger partial charge in [0, 0.05) is 12.4 Å². The quantitative estimate of drug-likeness (QED) is 0.702. The molecule has 0 amide bonds. The zero-order valence-electron chi connectivity index (χ0n) is 4.65. The number of rotatable bonds is 0. The second-order valence-electron chi connectivity index (χ2n) is 1.15. The summed E-state index contributed by atoms with van der Waals surface area (Å²) in [5.41, 5.74) is 2.67. The maximum Gasteiger partial charge on any atom is 0.0472 e. The van der Waals surface area contributed by atoms with Crippen molar-refractivity contribution in [3.63, 3.8) is 0 Å². The van der Waals surface area contributed by atoms with Gasteiger partial charge in [-0.25, -0.2) is 0 Å². The SMILES string of the molecule is Br.Br.C1=CC=NNC=C1. The van der Waals surface area contributed by atoms with Gasteiger partial charge >= 0.3 is 0 Å². The highest BCUT2D eigenvalue weighted by Crippen LogP contribution is 1.76. The Labute approximate surface area is 75.3 Å². The second kappa shape index (κ2) is 7.91. The number of hydrogen-bond donors (Lipinski definition) is 1. The van der Waals surface area contributed by atoms with E-state index in [0.717, 1.165) is 0 Å². The molecular formula is C5H8Br2N2. The van der Waals surface area contributed by atoms with E-state index in [2.05, 4.69) is 10.5 Å². The van der Waals surface area contributed by atoms with E-state index in [4.69, 9.17) is 0 Å². The van der Waals surface area contributed by atoms with E-state index in [9.17, 15) is 0 Å². The van der Waals surface area contributed by atoms with E-state index in [1.807, 2.05) is 18.2 Å². The Kier molecular flexibility index (Phi) is 10.3. The maximum atomic E-state index is 3.72. The molecule has 1 heterocycles. The molecule has 0 saturated heterocycles. The molecule has 0 aliphatic carbocycles. The van der Waals surface area contributed by atoms with Crippen molar-refractivity contribution in [2.24, 2.45) is 5.10 Å². The minimum absolute atomic E-state index is 0. The smallest absolute Gasteiger partial charge is 0.0472 e. The third-order valence-corrected chi connectivity index (χ3v) is 0.628. The van der Waals surface area contributed by atoms with Crippen molar-refractivity contribution in [3.05, 3.63) is 24.4 Å².